The molecule has 1 aliphatic rings. The zero-order valence-electron chi connectivity index (χ0n) is 15.4. The Bertz CT molecular complexity index is 887. The first-order valence-corrected chi connectivity index (χ1v) is 9.29. The highest BCUT2D eigenvalue weighted by Crippen LogP contribution is 2.31. The van der Waals surface area contributed by atoms with Gasteiger partial charge in [-0.1, -0.05) is 29.3 Å². The van der Waals surface area contributed by atoms with Gasteiger partial charge in [0, 0.05) is 17.0 Å². The maximum atomic E-state index is 12.0. The molecule has 2 heterocycles. The molecule has 0 saturated carbocycles. The predicted molar refractivity (Wildman–Crippen MR) is 106 cm³/mol. The van der Waals surface area contributed by atoms with Crippen molar-refractivity contribution in [3.63, 3.8) is 0 Å². The van der Waals surface area contributed by atoms with Gasteiger partial charge in [0.25, 0.3) is 0 Å². The largest absolute Gasteiger partial charge is 0.347 e. The van der Waals surface area contributed by atoms with Crippen molar-refractivity contribution in [2.75, 3.05) is 13.2 Å². The highest BCUT2D eigenvalue weighted by molar-refractivity contribution is 6.43. The van der Waals surface area contributed by atoms with Gasteiger partial charge in [0.15, 0.2) is 5.79 Å². The fourth-order valence-corrected chi connectivity index (χ4v) is 3.50. The number of ether oxygens (including phenoxy) is 2. The van der Waals surface area contributed by atoms with E-state index in [1.165, 1.54) is 0 Å². The number of aryl methyl sites for hydroxylation is 1. The third kappa shape index (κ3) is 4.35. The van der Waals surface area contributed by atoms with E-state index in [1.807, 2.05) is 36.6 Å². The van der Waals surface area contributed by atoms with Crippen molar-refractivity contribution in [1.29, 1.82) is 0 Å². The summed E-state index contributed by atoms with van der Waals surface area (Å²) < 4.78 is 12.8. The molecule has 144 valence electrons. The summed E-state index contributed by atoms with van der Waals surface area (Å²) in [6, 6.07) is 7.47. The molecule has 3 rings (SSSR count). The van der Waals surface area contributed by atoms with Gasteiger partial charge in [-0.25, -0.2) is 5.43 Å². The molecule has 1 aliphatic heterocycles. The average molecular weight is 410 g/mol. The Hall–Kier alpha value is -1.86. The van der Waals surface area contributed by atoms with E-state index in [4.69, 9.17) is 32.7 Å². The van der Waals surface area contributed by atoms with Gasteiger partial charge < -0.3 is 14.0 Å². The van der Waals surface area contributed by atoms with Gasteiger partial charge in [-0.2, -0.15) is 5.10 Å². The second-order valence-corrected chi connectivity index (χ2v) is 7.32. The smallest absolute Gasteiger partial charge is 0.245 e. The molecule has 0 bridgehead atoms. The van der Waals surface area contributed by atoms with Crippen molar-refractivity contribution in [3.8, 4) is 5.69 Å². The number of hydrogen-bond acceptors (Lipinski definition) is 4. The van der Waals surface area contributed by atoms with Gasteiger partial charge in [0.1, 0.15) is 0 Å². The number of carbonyl (C=O) groups excluding carboxylic acids is 1. The number of aromatic nitrogens is 1. The number of nitrogens with one attached hydrogen (secondary N) is 1. The van der Waals surface area contributed by atoms with Crippen LogP contribution in [0.3, 0.4) is 0 Å². The van der Waals surface area contributed by atoms with E-state index >= 15 is 0 Å². The summed E-state index contributed by atoms with van der Waals surface area (Å²) in [5, 5.41) is 5.04. The molecule has 1 saturated heterocycles. The quantitative estimate of drug-likeness (QED) is 0.599. The molecule has 0 atom stereocenters. The SMILES string of the molecule is Cc1cc(/C=N/NC(=O)CC2(C)OCCO2)c(C)n1-c1cccc(Cl)c1Cl. The summed E-state index contributed by atoms with van der Waals surface area (Å²) in [7, 11) is 0. The summed E-state index contributed by atoms with van der Waals surface area (Å²) >= 11 is 12.5. The van der Waals surface area contributed by atoms with Crippen molar-refractivity contribution in [3.05, 3.63) is 51.3 Å². The molecule has 0 spiro atoms. The average Bonchev–Trinajstić information content (AvgIpc) is 3.14. The summed E-state index contributed by atoms with van der Waals surface area (Å²) in [5.41, 5.74) is 6.09. The Labute approximate surface area is 168 Å². The molecule has 1 aromatic carbocycles. The van der Waals surface area contributed by atoms with Gasteiger partial charge in [-0.3, -0.25) is 4.79 Å². The van der Waals surface area contributed by atoms with Crippen LogP contribution in [0.15, 0.2) is 29.4 Å². The molecule has 0 radical (unpaired) electrons. The van der Waals surface area contributed by atoms with Gasteiger partial charge in [0.05, 0.1) is 41.6 Å². The number of halogens is 2. The predicted octanol–water partition coefficient (Wildman–Crippen LogP) is 4.00. The fourth-order valence-electron chi connectivity index (χ4n) is 3.12. The van der Waals surface area contributed by atoms with Crippen LogP contribution in [0.25, 0.3) is 5.69 Å². The molecular formula is C19H21Cl2N3O3. The van der Waals surface area contributed by atoms with Crippen LogP contribution in [0.2, 0.25) is 10.0 Å². The zero-order valence-corrected chi connectivity index (χ0v) is 16.9. The molecule has 1 fully saturated rings. The normalized spacial score (nSPS) is 16.2. The van der Waals surface area contributed by atoms with Crippen molar-refractivity contribution in [1.82, 2.24) is 9.99 Å². The Kier molecular flexibility index (Phi) is 5.91. The van der Waals surface area contributed by atoms with Gasteiger partial charge in [-0.15, -0.1) is 0 Å². The molecule has 0 unspecified atom stereocenters. The lowest BCUT2D eigenvalue weighted by molar-refractivity contribution is -0.159. The van der Waals surface area contributed by atoms with Gasteiger partial charge >= 0.3 is 0 Å². The number of rotatable bonds is 5. The van der Waals surface area contributed by atoms with Crippen LogP contribution in [-0.4, -0.2) is 35.7 Å². The molecule has 1 amide bonds. The second-order valence-electron chi connectivity index (χ2n) is 6.54. The van der Waals surface area contributed by atoms with Crippen molar-refractivity contribution < 1.29 is 14.3 Å². The van der Waals surface area contributed by atoms with Crippen LogP contribution >= 0.6 is 23.2 Å². The standard InChI is InChI=1S/C19H21Cl2N3O3/c1-12-9-14(11-22-23-17(25)10-19(3)26-7-8-27-19)13(2)24(12)16-6-4-5-15(20)18(16)21/h4-6,9,11H,7-8,10H2,1-3H3,(H,23,25)/b22-11+. The van der Waals surface area contributed by atoms with E-state index in [0.717, 1.165) is 22.6 Å². The minimum absolute atomic E-state index is 0.0848. The Morgan fingerprint density at radius 2 is 2.04 bits per heavy atom. The van der Waals surface area contributed by atoms with Crippen molar-refractivity contribution >= 4 is 35.3 Å². The summed E-state index contributed by atoms with van der Waals surface area (Å²) in [6.45, 7) is 6.65. The lowest BCUT2D eigenvalue weighted by Gasteiger charge is -2.20. The molecule has 1 aromatic heterocycles. The van der Waals surface area contributed by atoms with E-state index in [-0.39, 0.29) is 12.3 Å². The number of hydrazone groups is 1. The maximum absolute atomic E-state index is 12.0. The Balaban J connectivity index is 1.74. The highest BCUT2D eigenvalue weighted by Gasteiger charge is 2.33. The van der Waals surface area contributed by atoms with Gasteiger partial charge in [0.2, 0.25) is 5.91 Å². The van der Waals surface area contributed by atoms with Crippen LogP contribution in [0, 0.1) is 13.8 Å². The summed E-state index contributed by atoms with van der Waals surface area (Å²) in [5.74, 6) is -1.15. The van der Waals surface area contributed by atoms with Crippen LogP contribution in [0.4, 0.5) is 0 Å². The van der Waals surface area contributed by atoms with Crippen LogP contribution in [-0.2, 0) is 14.3 Å². The fraction of sp³-hybridized carbons (Fsp3) is 0.368. The molecule has 1 N–H and O–H groups in total. The number of hydrogen-bond donors (Lipinski definition) is 1. The zero-order chi connectivity index (χ0) is 19.6. The second kappa shape index (κ2) is 8.02. The third-order valence-corrected chi connectivity index (χ3v) is 5.22. The topological polar surface area (TPSA) is 64.8 Å². The monoisotopic (exact) mass is 409 g/mol. The summed E-state index contributed by atoms with van der Waals surface area (Å²) in [4.78, 5) is 12.0. The molecule has 6 nitrogen and oxygen atoms in total. The minimum Gasteiger partial charge on any atom is -0.347 e. The lowest BCUT2D eigenvalue weighted by atomic mass is 10.2. The molecule has 27 heavy (non-hydrogen) atoms. The van der Waals surface area contributed by atoms with E-state index in [9.17, 15) is 4.79 Å². The number of amides is 1. The first kappa shape index (κ1) is 19.9. The Morgan fingerprint density at radius 1 is 1.33 bits per heavy atom. The first-order chi connectivity index (χ1) is 12.8. The first-order valence-electron chi connectivity index (χ1n) is 8.54. The molecule has 8 heteroatoms. The summed E-state index contributed by atoms with van der Waals surface area (Å²) in [6.07, 6.45) is 1.69. The number of carbonyl (C=O) groups is 1. The lowest BCUT2D eigenvalue weighted by Crippen LogP contribution is -2.33. The Morgan fingerprint density at radius 3 is 2.74 bits per heavy atom. The number of nitrogens with zero attached hydrogens (tertiary/aromatic N) is 2. The molecular weight excluding hydrogens is 389 g/mol. The minimum atomic E-state index is -0.876. The third-order valence-electron chi connectivity index (χ3n) is 4.42. The molecule has 2 aromatic rings. The van der Waals surface area contributed by atoms with E-state index in [0.29, 0.717) is 23.3 Å². The van der Waals surface area contributed by atoms with Crippen molar-refractivity contribution in [2.24, 2.45) is 5.10 Å². The maximum Gasteiger partial charge on any atom is 0.245 e. The van der Waals surface area contributed by atoms with E-state index < -0.39 is 5.79 Å². The van der Waals surface area contributed by atoms with E-state index in [2.05, 4.69) is 10.5 Å². The van der Waals surface area contributed by atoms with Crippen LogP contribution in [0.1, 0.15) is 30.3 Å². The highest BCUT2D eigenvalue weighted by atomic mass is 35.5. The van der Waals surface area contributed by atoms with Crippen LogP contribution < -0.4 is 5.43 Å². The van der Waals surface area contributed by atoms with E-state index in [1.54, 1.807) is 19.2 Å². The van der Waals surface area contributed by atoms with Crippen LogP contribution in [0.5, 0.6) is 0 Å². The molecule has 0 aliphatic carbocycles. The van der Waals surface area contributed by atoms with Crippen molar-refractivity contribution in [2.45, 2.75) is 33.0 Å². The van der Waals surface area contributed by atoms with Gasteiger partial charge in [-0.05, 0) is 39.0 Å². The number of benzene rings is 1.